The summed E-state index contributed by atoms with van der Waals surface area (Å²) in [6.07, 6.45) is 7.25. The number of nitrogens with zero attached hydrogens (tertiary/aromatic N) is 4. The maximum atomic E-state index is 13.6. The number of rotatable bonds is 6. The molecule has 1 aliphatic carbocycles. The standard InChI is InChI=1S/C23H30N6O6S/c1-22(2,3)35-21(30)25-16-8-12-27(15-16)26-19-7-11-24-20-18(19)9-13-28(20)36(33,34)23(4)10-5-6-17(14-23)29(31)32/h5-7,9,11,13-14,16H,8,10,12,15H2,1-4H3,(H,24,26)(H,25,30)/t16-,23?/m0/s1. The summed E-state index contributed by atoms with van der Waals surface area (Å²) in [5.74, 6) is 0. The summed E-state index contributed by atoms with van der Waals surface area (Å²) in [7, 11) is -4.07. The summed E-state index contributed by atoms with van der Waals surface area (Å²) in [6.45, 7) is 8.06. The quantitative estimate of drug-likeness (QED) is 0.435. The number of carbonyl (C=O) groups excluding carboxylic acids is 1. The lowest BCUT2D eigenvalue weighted by Crippen LogP contribution is -2.41. The number of aromatic nitrogens is 2. The van der Waals surface area contributed by atoms with Gasteiger partial charge in [-0.1, -0.05) is 6.08 Å². The summed E-state index contributed by atoms with van der Waals surface area (Å²) in [4.78, 5) is 27.0. The number of ether oxygens (including phenoxy) is 1. The average molecular weight is 519 g/mol. The average Bonchev–Trinajstić information content (AvgIpc) is 3.40. The Morgan fingerprint density at radius 2 is 2.08 bits per heavy atom. The molecule has 2 aromatic heterocycles. The van der Waals surface area contributed by atoms with Crippen LogP contribution in [-0.4, -0.2) is 62.9 Å². The molecule has 2 aliphatic rings. The Morgan fingerprint density at radius 3 is 2.78 bits per heavy atom. The van der Waals surface area contributed by atoms with Gasteiger partial charge in [-0.15, -0.1) is 0 Å². The van der Waals surface area contributed by atoms with E-state index in [2.05, 4.69) is 15.7 Å². The van der Waals surface area contributed by atoms with E-state index in [9.17, 15) is 23.3 Å². The fourth-order valence-electron chi connectivity index (χ4n) is 4.28. The third-order valence-corrected chi connectivity index (χ3v) is 8.34. The van der Waals surface area contributed by atoms with Crippen LogP contribution in [-0.2, 0) is 14.8 Å². The molecule has 36 heavy (non-hydrogen) atoms. The molecule has 13 heteroatoms. The molecule has 12 nitrogen and oxygen atoms in total. The van der Waals surface area contributed by atoms with E-state index in [-0.39, 0.29) is 23.8 Å². The molecule has 0 bridgehead atoms. The number of anilines is 1. The van der Waals surface area contributed by atoms with E-state index in [0.29, 0.717) is 30.6 Å². The van der Waals surface area contributed by atoms with Crippen molar-refractivity contribution in [1.29, 1.82) is 0 Å². The van der Waals surface area contributed by atoms with Crippen molar-refractivity contribution in [2.75, 3.05) is 18.5 Å². The third kappa shape index (κ3) is 5.07. The molecule has 2 atom stereocenters. The largest absolute Gasteiger partial charge is 0.444 e. The van der Waals surface area contributed by atoms with Gasteiger partial charge in [0.1, 0.15) is 10.3 Å². The second-order valence-electron chi connectivity index (χ2n) is 10.1. The minimum absolute atomic E-state index is 0.100. The van der Waals surface area contributed by atoms with Crippen molar-refractivity contribution in [2.24, 2.45) is 0 Å². The fraction of sp³-hybridized carbons (Fsp3) is 0.478. The number of amides is 1. The second-order valence-corrected chi connectivity index (χ2v) is 12.4. The summed E-state index contributed by atoms with van der Waals surface area (Å²) >= 11 is 0. The first-order chi connectivity index (χ1) is 16.8. The van der Waals surface area contributed by atoms with Crippen LogP contribution in [0.25, 0.3) is 11.0 Å². The van der Waals surface area contributed by atoms with E-state index < -0.39 is 31.4 Å². The zero-order valence-electron chi connectivity index (χ0n) is 20.6. The Hall–Kier alpha value is -3.45. The van der Waals surface area contributed by atoms with Crippen molar-refractivity contribution in [3.8, 4) is 0 Å². The Bertz CT molecular complexity index is 1360. The van der Waals surface area contributed by atoms with Crippen molar-refractivity contribution in [1.82, 2.24) is 19.3 Å². The highest BCUT2D eigenvalue weighted by Crippen LogP contribution is 2.34. The van der Waals surface area contributed by atoms with Crippen molar-refractivity contribution in [3.63, 3.8) is 0 Å². The topological polar surface area (TPSA) is 149 Å². The number of hydrogen-bond acceptors (Lipinski definition) is 9. The lowest BCUT2D eigenvalue weighted by molar-refractivity contribution is -0.419. The molecular weight excluding hydrogens is 488 g/mol. The Labute approximate surface area is 209 Å². The smallest absolute Gasteiger partial charge is 0.407 e. The molecule has 2 aromatic rings. The van der Waals surface area contributed by atoms with Gasteiger partial charge in [0.2, 0.25) is 10.0 Å². The van der Waals surface area contributed by atoms with Crippen LogP contribution in [0.4, 0.5) is 10.5 Å². The summed E-state index contributed by atoms with van der Waals surface area (Å²) in [5, 5.41) is 16.6. The van der Waals surface area contributed by atoms with Crippen molar-refractivity contribution in [2.45, 2.75) is 56.9 Å². The molecule has 0 radical (unpaired) electrons. The van der Waals surface area contributed by atoms with Crippen molar-refractivity contribution < 1.29 is 22.9 Å². The van der Waals surface area contributed by atoms with Gasteiger partial charge in [-0.25, -0.2) is 27.2 Å². The molecule has 0 saturated carbocycles. The number of hydrazine groups is 1. The van der Waals surface area contributed by atoms with E-state index in [4.69, 9.17) is 4.74 Å². The van der Waals surface area contributed by atoms with Gasteiger partial charge in [0.15, 0.2) is 5.65 Å². The predicted molar refractivity (Wildman–Crippen MR) is 134 cm³/mol. The van der Waals surface area contributed by atoms with Crippen LogP contribution in [0.3, 0.4) is 0 Å². The maximum Gasteiger partial charge on any atom is 0.407 e. The van der Waals surface area contributed by atoms with E-state index in [0.717, 1.165) is 3.97 Å². The number of alkyl carbamates (subject to hydrolysis) is 1. The summed E-state index contributed by atoms with van der Waals surface area (Å²) < 4.78 is 32.1. The first-order valence-corrected chi connectivity index (χ1v) is 13.0. The van der Waals surface area contributed by atoms with Gasteiger partial charge in [0.05, 0.1) is 10.6 Å². The number of hydrogen-bond donors (Lipinski definition) is 2. The summed E-state index contributed by atoms with van der Waals surface area (Å²) in [6, 6.07) is 3.29. The normalized spacial score (nSPS) is 22.9. The van der Waals surface area contributed by atoms with E-state index in [1.807, 2.05) is 5.01 Å². The van der Waals surface area contributed by atoms with Gasteiger partial charge in [-0.3, -0.25) is 10.1 Å². The molecule has 1 fully saturated rings. The lowest BCUT2D eigenvalue weighted by Gasteiger charge is -2.26. The number of allylic oxidation sites excluding steroid dienone is 2. The predicted octanol–water partition coefficient (Wildman–Crippen LogP) is 3.02. The molecule has 4 rings (SSSR count). The van der Waals surface area contributed by atoms with Crippen LogP contribution >= 0.6 is 0 Å². The highest BCUT2D eigenvalue weighted by atomic mass is 32.2. The van der Waals surface area contributed by atoms with E-state index >= 15 is 0 Å². The Morgan fingerprint density at radius 1 is 1.33 bits per heavy atom. The minimum atomic E-state index is -4.07. The molecule has 1 unspecified atom stereocenters. The minimum Gasteiger partial charge on any atom is -0.444 e. The van der Waals surface area contributed by atoms with Crippen LogP contribution in [0, 0.1) is 10.1 Å². The van der Waals surface area contributed by atoms with Crippen LogP contribution in [0.5, 0.6) is 0 Å². The van der Waals surface area contributed by atoms with Gasteiger partial charge in [0.25, 0.3) is 5.70 Å². The van der Waals surface area contributed by atoms with Crippen LogP contribution in [0.15, 0.2) is 48.5 Å². The number of nitro groups is 1. The van der Waals surface area contributed by atoms with Crippen LogP contribution in [0.2, 0.25) is 0 Å². The SMILES string of the molecule is CC(C)(C)OC(=O)N[C@H]1CCN(Nc2ccnc3c2ccn3S(=O)(=O)C2(C)C=C([N+](=O)[O-])C=CC2)C1. The lowest BCUT2D eigenvalue weighted by atomic mass is 10.0. The molecule has 3 heterocycles. The van der Waals surface area contributed by atoms with E-state index in [1.54, 1.807) is 32.9 Å². The third-order valence-electron chi connectivity index (χ3n) is 6.07. The van der Waals surface area contributed by atoms with Gasteiger partial charge < -0.3 is 15.5 Å². The van der Waals surface area contributed by atoms with Gasteiger partial charge in [-0.2, -0.15) is 0 Å². The second kappa shape index (κ2) is 9.21. The van der Waals surface area contributed by atoms with Crippen molar-refractivity contribution in [3.05, 3.63) is 58.6 Å². The molecule has 1 saturated heterocycles. The molecular formula is C23H30N6O6S. The van der Waals surface area contributed by atoms with Crippen LogP contribution < -0.4 is 10.7 Å². The zero-order chi connectivity index (χ0) is 26.3. The molecule has 1 amide bonds. The van der Waals surface area contributed by atoms with Crippen molar-refractivity contribution >= 4 is 32.8 Å². The number of carbonyl (C=O) groups is 1. The van der Waals surface area contributed by atoms with Crippen LogP contribution in [0.1, 0.15) is 40.5 Å². The Balaban J connectivity index is 1.53. The van der Waals surface area contributed by atoms with E-state index in [1.165, 1.54) is 37.5 Å². The summed E-state index contributed by atoms with van der Waals surface area (Å²) in [5.41, 5.74) is 3.32. The van der Waals surface area contributed by atoms with Gasteiger partial charge >= 0.3 is 6.09 Å². The fourth-order valence-corrected chi connectivity index (χ4v) is 5.90. The van der Waals surface area contributed by atoms with Gasteiger partial charge in [-0.05, 0) is 52.7 Å². The Kier molecular flexibility index (Phi) is 6.56. The number of pyridine rings is 1. The molecule has 1 aliphatic heterocycles. The molecule has 0 spiro atoms. The zero-order valence-corrected chi connectivity index (χ0v) is 21.4. The maximum absolute atomic E-state index is 13.6. The highest BCUT2D eigenvalue weighted by molar-refractivity contribution is 7.91. The highest BCUT2D eigenvalue weighted by Gasteiger charge is 2.42. The number of nitrogens with one attached hydrogen (secondary N) is 2. The number of fused-ring (bicyclic) bond motifs is 1. The first-order valence-electron chi connectivity index (χ1n) is 11.6. The molecule has 2 N–H and O–H groups in total. The monoisotopic (exact) mass is 518 g/mol. The first kappa shape index (κ1) is 25.6. The molecule has 0 aromatic carbocycles. The van der Waals surface area contributed by atoms with Gasteiger partial charge in [0, 0.05) is 49.1 Å². The molecule has 194 valence electrons.